The summed E-state index contributed by atoms with van der Waals surface area (Å²) in [7, 11) is 2.19. The molecule has 0 aliphatic heterocycles. The summed E-state index contributed by atoms with van der Waals surface area (Å²) in [4.78, 5) is 0. The summed E-state index contributed by atoms with van der Waals surface area (Å²) in [5.41, 5.74) is 13.1. The first-order valence-corrected chi connectivity index (χ1v) is 10.9. The number of nitrogens with zero attached hydrogens (tertiary/aromatic N) is 1. The number of halogens is 2. The molecule has 2 aliphatic carbocycles. The molecule has 0 radical (unpaired) electrons. The van der Waals surface area contributed by atoms with Crippen LogP contribution in [-0.4, -0.2) is 4.57 Å². The molecule has 0 amide bonds. The number of benzene rings is 3. The zero-order valence-electron chi connectivity index (χ0n) is 15.9. The van der Waals surface area contributed by atoms with Gasteiger partial charge in [-0.3, -0.25) is 0 Å². The summed E-state index contributed by atoms with van der Waals surface area (Å²) < 4.78 is 2.84. The van der Waals surface area contributed by atoms with E-state index in [1.54, 1.807) is 30.3 Å². The van der Waals surface area contributed by atoms with Crippen LogP contribution in [0.5, 0.6) is 0 Å². The predicted molar refractivity (Wildman–Crippen MR) is 106 cm³/mol. The molecule has 4 heteroatoms. The Kier molecular flexibility index (Phi) is 5.40. The first kappa shape index (κ1) is 20.7. The molecule has 29 heavy (non-hydrogen) atoms. The Bertz CT molecular complexity index is 1230. The number of hydrogen-bond acceptors (Lipinski definition) is 0. The molecular formula is C25H18Cl2NZr. The molecule has 1 nitrogen and oxygen atoms in total. The molecule has 0 spiro atoms. The van der Waals surface area contributed by atoms with Crippen molar-refractivity contribution in [1.82, 2.24) is 4.57 Å². The molecule has 0 N–H and O–H groups in total. The quantitative estimate of drug-likeness (QED) is 0.305. The zero-order valence-corrected chi connectivity index (χ0v) is 19.8. The van der Waals surface area contributed by atoms with Gasteiger partial charge in [-0.25, -0.2) is 0 Å². The van der Waals surface area contributed by atoms with Crippen molar-refractivity contribution in [2.75, 3.05) is 0 Å². The molecule has 2 aliphatic rings. The van der Waals surface area contributed by atoms with E-state index in [4.69, 9.17) is 0 Å². The molecule has 1 heterocycles. The van der Waals surface area contributed by atoms with Crippen LogP contribution in [0.25, 0.3) is 22.3 Å². The minimum absolute atomic E-state index is 0. The van der Waals surface area contributed by atoms with Crippen LogP contribution in [0.1, 0.15) is 37.5 Å². The van der Waals surface area contributed by atoms with Gasteiger partial charge in [0, 0.05) is 0 Å². The standard InChI is InChI=1S/C25H18N.2ClH.Zr/c1-26-14-13-22-19-9-4-5-10-20(19)24(25(22)26)21-12-6-11-18-17-8-3-2-7-16(17)15-23(18)21;;;/h2-15,24H,1H3;2*1H;/q;;;+2/p-2. The molecule has 0 fully saturated rings. The van der Waals surface area contributed by atoms with Gasteiger partial charge in [-0.05, 0) is 0 Å². The van der Waals surface area contributed by atoms with Crippen LogP contribution in [0.4, 0.5) is 0 Å². The molecule has 3 aromatic carbocycles. The molecular weight excluding hydrogens is 476 g/mol. The Hall–Kier alpha value is -1.60. The number of fused-ring (bicyclic) bond motifs is 6. The number of hydrogen-bond donors (Lipinski definition) is 0. The van der Waals surface area contributed by atoms with Crippen molar-refractivity contribution in [2.24, 2.45) is 7.05 Å². The molecule has 6 rings (SSSR count). The smallest absolute Gasteiger partial charge is 1.00 e. The minimum atomic E-state index is 0. The third-order valence-electron chi connectivity index (χ3n) is 6.26. The third kappa shape index (κ3) is 2.77. The van der Waals surface area contributed by atoms with Crippen molar-refractivity contribution >= 4 is 0 Å². The Labute approximate surface area is 198 Å². The fourth-order valence-electron chi connectivity index (χ4n) is 5.13. The van der Waals surface area contributed by atoms with Crippen molar-refractivity contribution in [3.8, 4) is 22.3 Å². The molecule has 0 bridgehead atoms. The van der Waals surface area contributed by atoms with E-state index in [9.17, 15) is 0 Å². The molecule has 1 aromatic heterocycles. The van der Waals surface area contributed by atoms with Gasteiger partial charge >= 0.3 is 175 Å². The van der Waals surface area contributed by atoms with Crippen molar-refractivity contribution in [3.05, 3.63) is 107 Å². The van der Waals surface area contributed by atoms with Crippen molar-refractivity contribution in [1.29, 1.82) is 0 Å². The Morgan fingerprint density at radius 3 is 2.00 bits per heavy atom. The van der Waals surface area contributed by atoms with Crippen LogP contribution in [-0.2, 0) is 31.8 Å². The second-order valence-corrected chi connectivity index (χ2v) is 8.99. The van der Waals surface area contributed by atoms with Crippen LogP contribution in [0, 0.1) is 0 Å². The second-order valence-electron chi connectivity index (χ2n) is 7.57. The summed E-state index contributed by atoms with van der Waals surface area (Å²) in [6, 6.07) is 27.1. The van der Waals surface area contributed by atoms with Crippen molar-refractivity contribution in [2.45, 2.75) is 9.54 Å². The van der Waals surface area contributed by atoms with Crippen LogP contribution < -0.4 is 24.8 Å². The molecule has 141 valence electrons. The normalized spacial score (nSPS) is 17.5. The number of aryl methyl sites for hydroxylation is 1. The van der Waals surface area contributed by atoms with E-state index >= 15 is 0 Å². The van der Waals surface area contributed by atoms with Gasteiger partial charge < -0.3 is 24.8 Å². The van der Waals surface area contributed by atoms with Crippen LogP contribution in [0.3, 0.4) is 0 Å². The van der Waals surface area contributed by atoms with Gasteiger partial charge in [0.05, 0.1) is 0 Å². The summed E-state index contributed by atoms with van der Waals surface area (Å²) >= 11 is 1.57. The van der Waals surface area contributed by atoms with E-state index in [0.29, 0.717) is 9.54 Å². The van der Waals surface area contributed by atoms with Gasteiger partial charge in [0.25, 0.3) is 0 Å². The minimum Gasteiger partial charge on any atom is -1.00 e. The van der Waals surface area contributed by atoms with Crippen molar-refractivity contribution < 1.29 is 49.5 Å². The second kappa shape index (κ2) is 7.58. The fourth-order valence-corrected chi connectivity index (χ4v) is 6.54. The van der Waals surface area contributed by atoms with Gasteiger partial charge in [0.1, 0.15) is 0 Å². The SMILES string of the molecule is Cn1ccc2c1C(c1cccc3c1[CH]([Zr+2])c1ccccc1-3)c1ccccc1-2.[Cl-].[Cl-]. The van der Waals surface area contributed by atoms with E-state index in [1.165, 1.54) is 44.6 Å². The van der Waals surface area contributed by atoms with E-state index < -0.39 is 0 Å². The first-order valence-electron chi connectivity index (χ1n) is 9.43. The van der Waals surface area contributed by atoms with Gasteiger partial charge in [-0.2, -0.15) is 0 Å². The van der Waals surface area contributed by atoms with Crippen LogP contribution in [0.2, 0.25) is 0 Å². The zero-order chi connectivity index (χ0) is 18.1. The summed E-state index contributed by atoms with van der Waals surface area (Å²) in [6.45, 7) is 0. The van der Waals surface area contributed by atoms with Crippen LogP contribution in [0.15, 0.2) is 79.0 Å². The summed E-state index contributed by atoms with van der Waals surface area (Å²) in [6.07, 6.45) is 2.21. The Morgan fingerprint density at radius 2 is 1.24 bits per heavy atom. The Balaban J connectivity index is 0.00000102. The van der Waals surface area contributed by atoms with E-state index in [-0.39, 0.29) is 24.8 Å². The fraction of sp³-hybridized carbons (Fsp3) is 0.120. The first-order chi connectivity index (χ1) is 13.3. The molecule has 2 atom stereocenters. The topological polar surface area (TPSA) is 4.93 Å². The maximum atomic E-state index is 2.37. The monoisotopic (exact) mass is 492 g/mol. The molecule has 4 aromatic rings. The van der Waals surface area contributed by atoms with Crippen LogP contribution >= 0.6 is 0 Å². The molecule has 2 unspecified atom stereocenters. The largest absolute Gasteiger partial charge is 1.00 e. The van der Waals surface area contributed by atoms with Gasteiger partial charge in [-0.15, -0.1) is 0 Å². The predicted octanol–water partition coefficient (Wildman–Crippen LogP) is -0.190. The average Bonchev–Trinajstić information content (AvgIpc) is 3.34. The van der Waals surface area contributed by atoms with E-state index in [2.05, 4.69) is 90.6 Å². The molecule has 0 saturated heterocycles. The van der Waals surface area contributed by atoms with E-state index in [0.717, 1.165) is 0 Å². The van der Waals surface area contributed by atoms with Gasteiger partial charge in [-0.1, -0.05) is 0 Å². The maximum Gasteiger partial charge on any atom is -1.00 e. The van der Waals surface area contributed by atoms with E-state index in [1.807, 2.05) is 0 Å². The van der Waals surface area contributed by atoms with Gasteiger partial charge in [0.15, 0.2) is 0 Å². The number of rotatable bonds is 1. The maximum absolute atomic E-state index is 2.37. The third-order valence-corrected chi connectivity index (χ3v) is 7.73. The summed E-state index contributed by atoms with van der Waals surface area (Å²) in [5, 5.41) is 0. The number of aromatic nitrogens is 1. The molecule has 0 saturated carbocycles. The van der Waals surface area contributed by atoms with Crippen molar-refractivity contribution in [3.63, 3.8) is 0 Å². The van der Waals surface area contributed by atoms with Gasteiger partial charge in [0.2, 0.25) is 0 Å². The summed E-state index contributed by atoms with van der Waals surface area (Å²) in [5.74, 6) is 0.323. The average molecular weight is 495 g/mol. The Morgan fingerprint density at radius 1 is 0.655 bits per heavy atom.